The summed E-state index contributed by atoms with van der Waals surface area (Å²) in [7, 11) is 1.80. The third-order valence-corrected chi connectivity index (χ3v) is 4.44. The summed E-state index contributed by atoms with van der Waals surface area (Å²) < 4.78 is 1.63. The fourth-order valence-electron chi connectivity index (χ4n) is 3.13. The summed E-state index contributed by atoms with van der Waals surface area (Å²) in [5.41, 5.74) is 7.87. The van der Waals surface area contributed by atoms with Gasteiger partial charge in [-0.15, -0.1) is 0 Å². The van der Waals surface area contributed by atoms with Crippen LogP contribution >= 0.6 is 0 Å². The molecule has 1 amide bonds. The van der Waals surface area contributed by atoms with E-state index >= 15 is 0 Å². The van der Waals surface area contributed by atoms with Crippen LogP contribution in [0.1, 0.15) is 62.1 Å². The quantitative estimate of drug-likeness (QED) is 0.907. The maximum atomic E-state index is 13.0. The highest BCUT2D eigenvalue weighted by molar-refractivity contribution is 5.98. The molecule has 1 fully saturated rings. The van der Waals surface area contributed by atoms with Crippen LogP contribution in [-0.4, -0.2) is 33.2 Å². The van der Waals surface area contributed by atoms with Crippen molar-refractivity contribution in [2.45, 2.75) is 58.9 Å². The Hall–Kier alpha value is -1.52. The number of hydrogen-bond donors (Lipinski definition) is 1. The number of nitrogens with two attached hydrogens (primary N) is 1. The molecule has 1 aromatic rings. The number of nitrogen functional groups attached to an aromatic ring is 1. The van der Waals surface area contributed by atoms with Gasteiger partial charge >= 0.3 is 0 Å². The van der Waals surface area contributed by atoms with Crippen molar-refractivity contribution in [2.75, 3.05) is 12.3 Å². The Morgan fingerprint density at radius 1 is 1.43 bits per heavy atom. The first-order chi connectivity index (χ1) is 9.91. The van der Waals surface area contributed by atoms with Crippen molar-refractivity contribution in [1.82, 2.24) is 14.7 Å². The normalized spacial score (nSPS) is 15.9. The lowest BCUT2D eigenvalue weighted by Gasteiger charge is -2.30. The maximum Gasteiger partial charge on any atom is 0.274 e. The van der Waals surface area contributed by atoms with E-state index in [1.165, 1.54) is 12.8 Å². The molecule has 0 bridgehead atoms. The predicted octanol–water partition coefficient (Wildman–Crippen LogP) is 2.74. The number of rotatable bonds is 5. The van der Waals surface area contributed by atoms with Gasteiger partial charge in [0.25, 0.3) is 5.91 Å². The third kappa shape index (κ3) is 3.39. The van der Waals surface area contributed by atoms with E-state index in [1.54, 1.807) is 11.7 Å². The minimum absolute atomic E-state index is 0.0446. The zero-order chi connectivity index (χ0) is 15.6. The summed E-state index contributed by atoms with van der Waals surface area (Å²) in [5, 5.41) is 4.28. The lowest BCUT2D eigenvalue weighted by atomic mass is 10.1. The van der Waals surface area contributed by atoms with E-state index in [1.807, 2.05) is 11.8 Å². The van der Waals surface area contributed by atoms with Gasteiger partial charge in [-0.2, -0.15) is 5.10 Å². The van der Waals surface area contributed by atoms with Gasteiger partial charge in [0, 0.05) is 19.6 Å². The predicted molar refractivity (Wildman–Crippen MR) is 85.1 cm³/mol. The summed E-state index contributed by atoms with van der Waals surface area (Å²) in [6, 6.07) is 0.367. The van der Waals surface area contributed by atoms with Gasteiger partial charge in [0.15, 0.2) is 0 Å². The second kappa shape index (κ2) is 6.50. The molecule has 0 atom stereocenters. The van der Waals surface area contributed by atoms with E-state index in [2.05, 4.69) is 18.9 Å². The van der Waals surface area contributed by atoms with Gasteiger partial charge in [-0.25, -0.2) is 0 Å². The summed E-state index contributed by atoms with van der Waals surface area (Å²) in [6.45, 7) is 7.05. The second-order valence-corrected chi connectivity index (χ2v) is 6.59. The summed E-state index contributed by atoms with van der Waals surface area (Å²) in [5.74, 6) is 0.635. The Bertz CT molecular complexity index is 501. The molecule has 21 heavy (non-hydrogen) atoms. The first-order valence-corrected chi connectivity index (χ1v) is 8.01. The number of anilines is 1. The largest absolute Gasteiger partial charge is 0.395 e. The van der Waals surface area contributed by atoms with Crippen LogP contribution in [0.2, 0.25) is 0 Å². The fraction of sp³-hybridized carbons (Fsp3) is 0.750. The molecule has 0 spiro atoms. The molecule has 1 aromatic heterocycles. The van der Waals surface area contributed by atoms with Crippen LogP contribution in [0.25, 0.3) is 0 Å². The third-order valence-electron chi connectivity index (χ3n) is 4.44. The first kappa shape index (κ1) is 15.9. The molecule has 1 aliphatic carbocycles. The molecule has 5 nitrogen and oxygen atoms in total. The van der Waals surface area contributed by atoms with Gasteiger partial charge in [-0.1, -0.05) is 26.7 Å². The smallest absolute Gasteiger partial charge is 0.274 e. The number of aryl methyl sites for hydroxylation is 2. The number of amides is 1. The standard InChI is InChI=1S/C16H28N4O/c1-11(2)9-10-20(13-7-5-6-8-13)16(21)15-14(17)12(3)18-19(15)4/h11,13H,5-10,17H2,1-4H3. The average molecular weight is 292 g/mol. The van der Waals surface area contributed by atoms with Crippen LogP contribution < -0.4 is 5.73 Å². The van der Waals surface area contributed by atoms with Crippen LogP contribution in [0.5, 0.6) is 0 Å². The highest BCUT2D eigenvalue weighted by Gasteiger charge is 2.30. The van der Waals surface area contributed by atoms with Crippen molar-refractivity contribution in [3.63, 3.8) is 0 Å². The highest BCUT2D eigenvalue weighted by Crippen LogP contribution is 2.27. The Morgan fingerprint density at radius 2 is 2.05 bits per heavy atom. The number of nitrogens with zero attached hydrogens (tertiary/aromatic N) is 3. The van der Waals surface area contributed by atoms with E-state index in [-0.39, 0.29) is 5.91 Å². The minimum Gasteiger partial charge on any atom is -0.395 e. The first-order valence-electron chi connectivity index (χ1n) is 8.01. The molecule has 1 saturated carbocycles. The second-order valence-electron chi connectivity index (χ2n) is 6.59. The molecule has 0 aromatic carbocycles. The topological polar surface area (TPSA) is 64.2 Å². The van der Waals surface area contributed by atoms with Gasteiger partial charge in [-0.3, -0.25) is 9.48 Å². The van der Waals surface area contributed by atoms with Crippen LogP contribution in [0, 0.1) is 12.8 Å². The van der Waals surface area contributed by atoms with Crippen LogP contribution in [-0.2, 0) is 7.05 Å². The number of carbonyl (C=O) groups excluding carboxylic acids is 1. The minimum atomic E-state index is 0.0446. The lowest BCUT2D eigenvalue weighted by Crippen LogP contribution is -2.41. The van der Waals surface area contributed by atoms with Gasteiger partial charge in [0.1, 0.15) is 5.69 Å². The molecule has 2 rings (SSSR count). The molecule has 0 unspecified atom stereocenters. The maximum absolute atomic E-state index is 13.0. The van der Waals surface area contributed by atoms with Crippen molar-refractivity contribution in [3.05, 3.63) is 11.4 Å². The van der Waals surface area contributed by atoms with E-state index in [9.17, 15) is 4.79 Å². The number of hydrogen-bond acceptors (Lipinski definition) is 3. The summed E-state index contributed by atoms with van der Waals surface area (Å²) in [4.78, 5) is 15.0. The van der Waals surface area contributed by atoms with Gasteiger partial charge in [0.05, 0.1) is 11.4 Å². The van der Waals surface area contributed by atoms with Crippen molar-refractivity contribution >= 4 is 11.6 Å². The molecule has 5 heteroatoms. The van der Waals surface area contributed by atoms with Crippen molar-refractivity contribution in [1.29, 1.82) is 0 Å². The fourth-order valence-corrected chi connectivity index (χ4v) is 3.13. The zero-order valence-corrected chi connectivity index (χ0v) is 13.7. The molecule has 0 aliphatic heterocycles. The van der Waals surface area contributed by atoms with Crippen LogP contribution in [0.4, 0.5) is 5.69 Å². The van der Waals surface area contributed by atoms with Gasteiger partial charge in [0.2, 0.25) is 0 Å². The molecule has 1 heterocycles. The summed E-state index contributed by atoms with van der Waals surface area (Å²) in [6.07, 6.45) is 5.69. The Labute approximate surface area is 127 Å². The van der Waals surface area contributed by atoms with Gasteiger partial charge < -0.3 is 10.6 Å². The molecule has 2 N–H and O–H groups in total. The molecule has 0 radical (unpaired) electrons. The van der Waals surface area contributed by atoms with Crippen LogP contribution in [0.15, 0.2) is 0 Å². The Morgan fingerprint density at radius 3 is 2.52 bits per heavy atom. The molecule has 1 aliphatic rings. The van der Waals surface area contributed by atoms with Gasteiger partial charge in [-0.05, 0) is 32.1 Å². The highest BCUT2D eigenvalue weighted by atomic mass is 16.2. The Balaban J connectivity index is 2.24. The zero-order valence-electron chi connectivity index (χ0n) is 13.7. The Kier molecular flexibility index (Phi) is 4.91. The van der Waals surface area contributed by atoms with Crippen molar-refractivity contribution in [2.24, 2.45) is 13.0 Å². The van der Waals surface area contributed by atoms with Crippen LogP contribution in [0.3, 0.4) is 0 Å². The SMILES string of the molecule is Cc1nn(C)c(C(=O)N(CCC(C)C)C2CCCC2)c1N. The van der Waals surface area contributed by atoms with E-state index in [4.69, 9.17) is 5.73 Å². The van der Waals surface area contributed by atoms with E-state index < -0.39 is 0 Å². The van der Waals surface area contributed by atoms with E-state index in [0.29, 0.717) is 23.3 Å². The molecule has 118 valence electrons. The lowest BCUT2D eigenvalue weighted by molar-refractivity contribution is 0.0661. The molecule has 0 saturated heterocycles. The average Bonchev–Trinajstić information content (AvgIpc) is 2.99. The van der Waals surface area contributed by atoms with Crippen molar-refractivity contribution < 1.29 is 4.79 Å². The molecular weight excluding hydrogens is 264 g/mol. The van der Waals surface area contributed by atoms with Crippen molar-refractivity contribution in [3.8, 4) is 0 Å². The number of aromatic nitrogens is 2. The monoisotopic (exact) mass is 292 g/mol. The number of carbonyl (C=O) groups is 1. The summed E-state index contributed by atoms with van der Waals surface area (Å²) >= 11 is 0. The molecular formula is C16H28N4O. The van der Waals surface area contributed by atoms with E-state index in [0.717, 1.165) is 31.5 Å².